The number of phenolic OH excluding ortho intramolecular Hbond substituents is 1. The Morgan fingerprint density at radius 2 is 1.82 bits per heavy atom. The maximum absolute atomic E-state index is 12.6. The summed E-state index contributed by atoms with van der Waals surface area (Å²) in [4.78, 5) is 41.0. The van der Waals surface area contributed by atoms with E-state index in [1.165, 1.54) is 14.6 Å². The number of ether oxygens (including phenoxy) is 1. The van der Waals surface area contributed by atoms with Crippen LogP contribution in [0.5, 0.6) is 5.75 Å². The van der Waals surface area contributed by atoms with Gasteiger partial charge in [-0.25, -0.2) is 23.1 Å². The summed E-state index contributed by atoms with van der Waals surface area (Å²) in [5, 5.41) is 13.8. The fourth-order valence-electron chi connectivity index (χ4n) is 3.81. The standard InChI is InChI=1S/C26H26Cl2N4O5S/c1-2-3-4-11-32-25(35)31(26(36)38-32)14-17-7-5-16(6-8-17)13-29-24(34)37-15-18-9-10-19-20(27)12-21(28)23(33)22(19)30-18/h5-10,12,33H,2-4,11,13-15H2,1H3,(H,29,34). The lowest BCUT2D eigenvalue weighted by Gasteiger charge is -2.09. The number of nitrogens with zero attached hydrogens (tertiary/aromatic N) is 3. The van der Waals surface area contributed by atoms with Crippen molar-refractivity contribution in [2.24, 2.45) is 0 Å². The Labute approximate surface area is 232 Å². The maximum Gasteiger partial charge on any atom is 0.407 e. The van der Waals surface area contributed by atoms with Crippen molar-refractivity contribution in [1.29, 1.82) is 0 Å². The summed E-state index contributed by atoms with van der Waals surface area (Å²) in [7, 11) is 0. The highest BCUT2D eigenvalue weighted by Crippen LogP contribution is 2.36. The van der Waals surface area contributed by atoms with E-state index >= 15 is 0 Å². The van der Waals surface area contributed by atoms with E-state index in [9.17, 15) is 19.5 Å². The summed E-state index contributed by atoms with van der Waals surface area (Å²) < 4.78 is 7.99. The summed E-state index contributed by atoms with van der Waals surface area (Å²) in [5.74, 6) is -0.192. The lowest BCUT2D eigenvalue weighted by molar-refractivity contribution is 0.138. The number of pyridine rings is 1. The summed E-state index contributed by atoms with van der Waals surface area (Å²) in [6, 6.07) is 12.0. The van der Waals surface area contributed by atoms with Gasteiger partial charge in [0, 0.05) is 30.0 Å². The highest BCUT2D eigenvalue weighted by molar-refractivity contribution is 7.03. The molecule has 12 heteroatoms. The van der Waals surface area contributed by atoms with Crippen molar-refractivity contribution < 1.29 is 14.6 Å². The molecule has 0 saturated heterocycles. The van der Waals surface area contributed by atoms with Gasteiger partial charge >= 0.3 is 16.7 Å². The van der Waals surface area contributed by atoms with E-state index in [0.717, 1.165) is 41.9 Å². The van der Waals surface area contributed by atoms with Gasteiger partial charge in [0.15, 0.2) is 5.75 Å². The lowest BCUT2D eigenvalue weighted by atomic mass is 10.1. The van der Waals surface area contributed by atoms with Gasteiger partial charge < -0.3 is 15.2 Å². The van der Waals surface area contributed by atoms with Gasteiger partial charge in [-0.2, -0.15) is 0 Å². The molecule has 1 amide bonds. The second-order valence-corrected chi connectivity index (χ2v) is 10.5. The SMILES string of the molecule is CCCCCn1sc(=O)n(Cc2ccc(CNC(=O)OCc3ccc4c(Cl)cc(Cl)c(O)c4n3)cc2)c1=O. The number of benzene rings is 2. The number of rotatable bonds is 10. The minimum atomic E-state index is -0.641. The molecule has 9 nitrogen and oxygen atoms in total. The first-order chi connectivity index (χ1) is 18.3. The first-order valence-corrected chi connectivity index (χ1v) is 13.6. The molecule has 0 saturated carbocycles. The van der Waals surface area contributed by atoms with Gasteiger partial charge in [0.25, 0.3) is 0 Å². The molecule has 4 rings (SSSR count). The smallest absolute Gasteiger partial charge is 0.407 e. The van der Waals surface area contributed by atoms with Crippen LogP contribution in [0.15, 0.2) is 52.1 Å². The third kappa shape index (κ3) is 6.56. The number of amides is 1. The molecule has 0 fully saturated rings. The third-order valence-corrected chi connectivity index (χ3v) is 7.42. The molecule has 2 heterocycles. The molecule has 2 N–H and O–H groups in total. The lowest BCUT2D eigenvalue weighted by Crippen LogP contribution is -2.29. The predicted molar refractivity (Wildman–Crippen MR) is 148 cm³/mol. The number of halogens is 2. The molecule has 0 aliphatic heterocycles. The monoisotopic (exact) mass is 576 g/mol. The van der Waals surface area contributed by atoms with Gasteiger partial charge in [-0.1, -0.05) is 67.2 Å². The highest BCUT2D eigenvalue weighted by Gasteiger charge is 2.13. The molecule has 200 valence electrons. The van der Waals surface area contributed by atoms with Crippen LogP contribution in [-0.4, -0.2) is 24.7 Å². The average molecular weight is 577 g/mol. The van der Waals surface area contributed by atoms with E-state index in [4.69, 9.17) is 27.9 Å². The number of hydrogen-bond donors (Lipinski definition) is 2. The van der Waals surface area contributed by atoms with Gasteiger partial charge in [0.05, 0.1) is 22.3 Å². The van der Waals surface area contributed by atoms with Crippen molar-refractivity contribution in [3.05, 3.63) is 89.5 Å². The number of unbranched alkanes of at least 4 members (excludes halogenated alkanes) is 2. The van der Waals surface area contributed by atoms with Gasteiger partial charge in [-0.05, 0) is 35.7 Å². The predicted octanol–water partition coefficient (Wildman–Crippen LogP) is 5.30. The molecule has 0 spiro atoms. The quantitative estimate of drug-likeness (QED) is 0.247. The van der Waals surface area contributed by atoms with Gasteiger partial charge in [-0.15, -0.1) is 0 Å². The second-order valence-electron chi connectivity index (χ2n) is 8.67. The minimum Gasteiger partial charge on any atom is -0.504 e. The number of carbonyl (C=O) groups excluding carboxylic acids is 1. The number of aromatic hydroxyl groups is 1. The number of hydrogen-bond acceptors (Lipinski definition) is 7. The van der Waals surface area contributed by atoms with Crippen LogP contribution >= 0.6 is 34.7 Å². The van der Waals surface area contributed by atoms with Crippen molar-refractivity contribution in [2.45, 2.75) is 52.4 Å². The number of carbonyl (C=O) groups is 1. The third-order valence-electron chi connectivity index (χ3n) is 5.88. The molecule has 0 aliphatic rings. The normalized spacial score (nSPS) is 11.1. The zero-order valence-electron chi connectivity index (χ0n) is 20.6. The van der Waals surface area contributed by atoms with Crippen molar-refractivity contribution in [1.82, 2.24) is 18.8 Å². The Hall–Kier alpha value is -3.34. The molecule has 4 aromatic rings. The van der Waals surface area contributed by atoms with Crippen LogP contribution in [0.3, 0.4) is 0 Å². The molecule has 2 aromatic heterocycles. The van der Waals surface area contributed by atoms with Crippen LogP contribution in [0.25, 0.3) is 10.9 Å². The van der Waals surface area contributed by atoms with Gasteiger partial charge in [0.1, 0.15) is 12.1 Å². The Kier molecular flexibility index (Phi) is 9.09. The van der Waals surface area contributed by atoms with Crippen LogP contribution in [-0.2, 0) is 31.0 Å². The number of alkyl carbamates (subject to hydrolysis) is 1. The molecular weight excluding hydrogens is 551 g/mol. The van der Waals surface area contributed by atoms with Gasteiger partial charge in [0.2, 0.25) is 0 Å². The number of aryl methyl sites for hydroxylation is 1. The summed E-state index contributed by atoms with van der Waals surface area (Å²) in [6.07, 6.45) is 2.28. The van der Waals surface area contributed by atoms with E-state index in [2.05, 4.69) is 17.2 Å². The topological polar surface area (TPSA) is 115 Å². The Morgan fingerprint density at radius 1 is 1.08 bits per heavy atom. The van der Waals surface area contributed by atoms with E-state index in [0.29, 0.717) is 22.6 Å². The summed E-state index contributed by atoms with van der Waals surface area (Å²) >= 11 is 13.1. The minimum absolute atomic E-state index is 0.0822. The van der Waals surface area contributed by atoms with E-state index < -0.39 is 6.09 Å². The van der Waals surface area contributed by atoms with E-state index in [1.54, 1.807) is 12.1 Å². The number of nitrogens with one attached hydrogen (secondary N) is 1. The number of aromatic nitrogens is 3. The van der Waals surface area contributed by atoms with Crippen molar-refractivity contribution in [3.63, 3.8) is 0 Å². The molecular formula is C26H26Cl2N4O5S. The molecule has 0 unspecified atom stereocenters. The average Bonchev–Trinajstić information content (AvgIpc) is 3.17. The largest absolute Gasteiger partial charge is 0.504 e. The van der Waals surface area contributed by atoms with Crippen LogP contribution in [0, 0.1) is 0 Å². The zero-order chi connectivity index (χ0) is 27.2. The maximum atomic E-state index is 12.6. The zero-order valence-corrected chi connectivity index (χ0v) is 22.9. The van der Waals surface area contributed by atoms with Crippen molar-refractivity contribution in [3.8, 4) is 5.75 Å². The Bertz CT molecular complexity index is 1560. The first kappa shape index (κ1) is 27.7. The molecule has 0 aliphatic carbocycles. The second kappa shape index (κ2) is 12.5. The number of fused-ring (bicyclic) bond motifs is 1. The van der Waals surface area contributed by atoms with Crippen LogP contribution in [0.1, 0.15) is 43.0 Å². The molecule has 2 aromatic carbocycles. The van der Waals surface area contributed by atoms with E-state index in [-0.39, 0.29) is 46.5 Å². The van der Waals surface area contributed by atoms with Crippen LogP contribution in [0.2, 0.25) is 10.0 Å². The fourth-order valence-corrected chi connectivity index (χ4v) is 5.15. The van der Waals surface area contributed by atoms with Crippen LogP contribution < -0.4 is 15.9 Å². The summed E-state index contributed by atoms with van der Waals surface area (Å²) in [5.41, 5.74) is 1.98. The van der Waals surface area contributed by atoms with Crippen molar-refractivity contribution >= 4 is 51.7 Å². The highest BCUT2D eigenvalue weighted by atomic mass is 35.5. The first-order valence-electron chi connectivity index (χ1n) is 12.0. The molecule has 0 radical (unpaired) electrons. The summed E-state index contributed by atoms with van der Waals surface area (Å²) in [6.45, 7) is 2.94. The fraction of sp³-hybridized carbons (Fsp3) is 0.308. The molecule has 0 bridgehead atoms. The Balaban J connectivity index is 1.30. The molecule has 0 atom stereocenters. The number of phenols is 1. The van der Waals surface area contributed by atoms with Gasteiger partial charge in [-0.3, -0.25) is 4.79 Å². The van der Waals surface area contributed by atoms with Crippen LogP contribution in [0.4, 0.5) is 4.79 Å². The van der Waals surface area contributed by atoms with E-state index in [1.807, 2.05) is 24.3 Å². The Morgan fingerprint density at radius 3 is 2.55 bits per heavy atom. The van der Waals surface area contributed by atoms with Crippen molar-refractivity contribution in [2.75, 3.05) is 0 Å². The molecule has 38 heavy (non-hydrogen) atoms.